The average molecular weight is 427 g/mol. The number of aliphatic imine (C=N–C) groups is 1. The number of nitrogens with zero attached hydrogens (tertiary/aromatic N) is 2. The van der Waals surface area contributed by atoms with Gasteiger partial charge in [0.05, 0.1) is 24.2 Å². The Morgan fingerprint density at radius 3 is 2.69 bits per heavy atom. The molecular weight excluding hydrogens is 395 g/mol. The first-order valence-corrected chi connectivity index (χ1v) is 12.0. The van der Waals surface area contributed by atoms with Crippen molar-refractivity contribution in [2.75, 3.05) is 51.3 Å². The Labute approximate surface area is 172 Å². The average Bonchev–Trinajstić information content (AvgIpc) is 3.51. The van der Waals surface area contributed by atoms with Crippen molar-refractivity contribution in [2.24, 2.45) is 10.9 Å². The van der Waals surface area contributed by atoms with E-state index in [0.717, 1.165) is 12.1 Å². The number of sulfone groups is 1. The fourth-order valence-corrected chi connectivity index (χ4v) is 4.46. The van der Waals surface area contributed by atoms with Crippen molar-refractivity contribution < 1.29 is 17.5 Å². The highest BCUT2D eigenvalue weighted by Crippen LogP contribution is 2.30. The predicted octanol–water partition coefficient (Wildman–Crippen LogP) is 1.57. The van der Waals surface area contributed by atoms with E-state index in [1.165, 1.54) is 18.9 Å². The van der Waals surface area contributed by atoms with Gasteiger partial charge in [-0.3, -0.25) is 9.89 Å². The van der Waals surface area contributed by atoms with Crippen molar-refractivity contribution in [1.29, 1.82) is 0 Å². The first kappa shape index (κ1) is 21.8. The minimum atomic E-state index is -2.86. The molecule has 1 unspecified atom stereocenters. The van der Waals surface area contributed by atoms with Gasteiger partial charge in [-0.2, -0.15) is 0 Å². The largest absolute Gasteiger partial charge is 0.490 e. The zero-order chi connectivity index (χ0) is 20.9. The second-order valence-corrected chi connectivity index (χ2v) is 10.1. The number of ether oxygens (including phenoxy) is 1. The number of rotatable bonds is 8. The quantitative estimate of drug-likeness (QED) is 0.485. The first-order valence-electron chi connectivity index (χ1n) is 10.2. The summed E-state index contributed by atoms with van der Waals surface area (Å²) in [7, 11) is -1.17. The van der Waals surface area contributed by atoms with Crippen LogP contribution in [0.25, 0.3) is 0 Å². The van der Waals surface area contributed by atoms with Crippen LogP contribution in [-0.4, -0.2) is 70.6 Å². The van der Waals surface area contributed by atoms with Crippen LogP contribution in [0.2, 0.25) is 0 Å². The Balaban J connectivity index is 1.44. The topological polar surface area (TPSA) is 83.0 Å². The summed E-state index contributed by atoms with van der Waals surface area (Å²) in [6, 6.07) is 4.92. The maximum absolute atomic E-state index is 14.3. The van der Waals surface area contributed by atoms with Crippen LogP contribution in [0, 0.1) is 11.7 Å². The van der Waals surface area contributed by atoms with E-state index in [1.54, 1.807) is 13.1 Å². The predicted molar refractivity (Wildman–Crippen MR) is 113 cm³/mol. The second-order valence-electron chi connectivity index (χ2n) is 7.80. The van der Waals surface area contributed by atoms with Crippen LogP contribution in [0.15, 0.2) is 23.2 Å². The molecule has 1 atom stereocenters. The molecule has 0 aromatic heterocycles. The van der Waals surface area contributed by atoms with Crippen molar-refractivity contribution >= 4 is 15.8 Å². The van der Waals surface area contributed by atoms with E-state index in [1.807, 2.05) is 13.0 Å². The lowest BCUT2D eigenvalue weighted by Crippen LogP contribution is -2.46. The first-order chi connectivity index (χ1) is 13.9. The molecule has 1 aliphatic carbocycles. The molecule has 1 saturated carbocycles. The Morgan fingerprint density at radius 2 is 2.07 bits per heavy atom. The van der Waals surface area contributed by atoms with Gasteiger partial charge in [-0.05, 0) is 43.4 Å². The molecule has 162 valence electrons. The van der Waals surface area contributed by atoms with Gasteiger partial charge >= 0.3 is 0 Å². The molecule has 0 radical (unpaired) electrons. The molecule has 1 aromatic carbocycles. The molecule has 2 N–H and O–H groups in total. The van der Waals surface area contributed by atoms with Gasteiger partial charge in [0.1, 0.15) is 0 Å². The maximum Gasteiger partial charge on any atom is 0.191 e. The van der Waals surface area contributed by atoms with E-state index in [0.29, 0.717) is 43.9 Å². The van der Waals surface area contributed by atoms with E-state index in [9.17, 15) is 12.8 Å². The maximum atomic E-state index is 14.3. The third-order valence-electron chi connectivity index (χ3n) is 5.36. The molecule has 1 aromatic rings. The molecule has 0 spiro atoms. The molecule has 7 nitrogen and oxygen atoms in total. The van der Waals surface area contributed by atoms with Crippen LogP contribution in [0.3, 0.4) is 0 Å². The summed E-state index contributed by atoms with van der Waals surface area (Å²) in [5.41, 5.74) is 0.811. The number of hydrogen-bond donors (Lipinski definition) is 2. The summed E-state index contributed by atoms with van der Waals surface area (Å²) in [5.74, 6) is 1.61. The van der Waals surface area contributed by atoms with Gasteiger partial charge in [0, 0.05) is 33.2 Å². The Morgan fingerprint density at radius 1 is 1.34 bits per heavy atom. The number of benzene rings is 1. The molecule has 0 bridgehead atoms. The fourth-order valence-electron chi connectivity index (χ4n) is 3.18. The molecule has 1 heterocycles. The van der Waals surface area contributed by atoms with E-state index < -0.39 is 9.84 Å². The van der Waals surface area contributed by atoms with Gasteiger partial charge < -0.3 is 15.4 Å². The highest BCUT2D eigenvalue weighted by molar-refractivity contribution is 7.91. The highest BCUT2D eigenvalue weighted by Gasteiger charge is 2.23. The zero-order valence-electron chi connectivity index (χ0n) is 17.2. The Hall–Kier alpha value is -1.87. The normalized spacial score (nSPS) is 20.9. The number of halogens is 1. The summed E-state index contributed by atoms with van der Waals surface area (Å²) in [5, 5.41) is 6.49. The SMILES string of the molecule is CN=C(NCCN1CCS(=O)(=O)CC1)NC(C)c1ccc(OCC2CC2)c(F)c1. The third kappa shape index (κ3) is 6.85. The molecule has 1 saturated heterocycles. The third-order valence-corrected chi connectivity index (χ3v) is 6.97. The number of hydrogen-bond acceptors (Lipinski definition) is 5. The zero-order valence-corrected chi connectivity index (χ0v) is 18.0. The van der Waals surface area contributed by atoms with Gasteiger partial charge in [0.25, 0.3) is 0 Å². The van der Waals surface area contributed by atoms with Crippen molar-refractivity contribution in [1.82, 2.24) is 15.5 Å². The number of nitrogens with one attached hydrogen (secondary N) is 2. The smallest absolute Gasteiger partial charge is 0.191 e. The number of guanidine groups is 1. The molecule has 29 heavy (non-hydrogen) atoms. The van der Waals surface area contributed by atoms with Crippen LogP contribution < -0.4 is 15.4 Å². The highest BCUT2D eigenvalue weighted by atomic mass is 32.2. The summed E-state index contributed by atoms with van der Waals surface area (Å²) >= 11 is 0. The van der Waals surface area contributed by atoms with Crippen LogP contribution in [0.5, 0.6) is 5.75 Å². The molecule has 0 amide bonds. The Bertz CT molecular complexity index is 813. The minimum Gasteiger partial charge on any atom is -0.490 e. The summed E-state index contributed by atoms with van der Waals surface area (Å²) < 4.78 is 42.8. The molecule has 2 fully saturated rings. The summed E-state index contributed by atoms with van der Waals surface area (Å²) in [6.07, 6.45) is 2.34. The van der Waals surface area contributed by atoms with Crippen molar-refractivity contribution in [3.8, 4) is 5.75 Å². The van der Waals surface area contributed by atoms with E-state index >= 15 is 0 Å². The minimum absolute atomic E-state index is 0.131. The lowest BCUT2D eigenvalue weighted by Gasteiger charge is -2.27. The molecule has 2 aliphatic rings. The Kier molecular flexibility index (Phi) is 7.34. The van der Waals surface area contributed by atoms with Crippen molar-refractivity contribution in [2.45, 2.75) is 25.8 Å². The van der Waals surface area contributed by atoms with Crippen molar-refractivity contribution in [3.63, 3.8) is 0 Å². The van der Waals surface area contributed by atoms with Gasteiger partial charge in [0.15, 0.2) is 27.4 Å². The second kappa shape index (κ2) is 9.75. The standard InChI is InChI=1S/C20H31FN4O3S/c1-15(17-5-6-19(18(21)13-17)28-14-16-3-4-16)24-20(22-2)23-7-8-25-9-11-29(26,27)12-10-25/h5-6,13,15-16H,3-4,7-12,14H2,1-2H3,(H2,22,23,24). The summed E-state index contributed by atoms with van der Waals surface area (Å²) in [6.45, 7) is 5.06. The van der Waals surface area contributed by atoms with Crippen LogP contribution in [0.1, 0.15) is 31.4 Å². The van der Waals surface area contributed by atoms with Crippen LogP contribution in [0.4, 0.5) is 4.39 Å². The van der Waals surface area contributed by atoms with E-state index in [-0.39, 0.29) is 23.4 Å². The van der Waals surface area contributed by atoms with Gasteiger partial charge in [-0.25, -0.2) is 12.8 Å². The van der Waals surface area contributed by atoms with Gasteiger partial charge in [-0.1, -0.05) is 6.07 Å². The summed E-state index contributed by atoms with van der Waals surface area (Å²) in [4.78, 5) is 6.34. The molecular formula is C20H31FN4O3S. The fraction of sp³-hybridized carbons (Fsp3) is 0.650. The van der Waals surface area contributed by atoms with Crippen LogP contribution >= 0.6 is 0 Å². The molecule has 1 aliphatic heterocycles. The lowest BCUT2D eigenvalue weighted by atomic mass is 10.1. The van der Waals surface area contributed by atoms with E-state index in [2.05, 4.69) is 20.5 Å². The van der Waals surface area contributed by atoms with E-state index in [4.69, 9.17) is 4.74 Å². The van der Waals surface area contributed by atoms with Crippen molar-refractivity contribution in [3.05, 3.63) is 29.6 Å². The van der Waals surface area contributed by atoms with Crippen LogP contribution in [-0.2, 0) is 9.84 Å². The molecule has 9 heteroatoms. The van der Waals surface area contributed by atoms with Gasteiger partial charge in [-0.15, -0.1) is 0 Å². The van der Waals surface area contributed by atoms with Gasteiger partial charge in [0.2, 0.25) is 0 Å². The molecule has 3 rings (SSSR count). The monoisotopic (exact) mass is 426 g/mol. The lowest BCUT2D eigenvalue weighted by molar-refractivity contribution is 0.285.